The zero-order chi connectivity index (χ0) is 34.5. The maximum atomic E-state index is 13.9. The third-order valence-corrected chi connectivity index (χ3v) is 11.1. The summed E-state index contributed by atoms with van der Waals surface area (Å²) in [6.45, 7) is 16.5. The van der Waals surface area contributed by atoms with E-state index in [2.05, 4.69) is 6.92 Å². The highest BCUT2D eigenvalue weighted by atomic mass is 16.7. The molecule has 46 heavy (non-hydrogen) atoms. The number of hydrogen-bond acceptors (Lipinski definition) is 12. The Bertz CT molecular complexity index is 1080. The number of cyclic esters (lactones) is 1. The number of nitrogens with zero attached hydrogens (tertiary/aromatic N) is 1. The number of aliphatic hydroxyl groups is 2. The number of aliphatic hydroxyl groups excluding tert-OH is 2. The number of carbonyl (C=O) groups excluding carboxylic acids is 2. The van der Waals surface area contributed by atoms with Crippen LogP contribution in [0.5, 0.6) is 0 Å². The minimum absolute atomic E-state index is 0.00661. The fourth-order valence-corrected chi connectivity index (χ4v) is 8.40. The van der Waals surface area contributed by atoms with E-state index in [4.69, 9.17) is 33.2 Å². The molecule has 4 fully saturated rings. The maximum absolute atomic E-state index is 13.9. The zero-order valence-electron chi connectivity index (χ0n) is 29.8. The largest absolute Gasteiger partial charge is 0.454 e. The highest BCUT2D eigenvalue weighted by molar-refractivity contribution is 5.84. The van der Waals surface area contributed by atoms with E-state index < -0.39 is 90.2 Å². The van der Waals surface area contributed by atoms with Gasteiger partial charge >= 0.3 is 5.97 Å². The molecule has 0 amide bonds. The molecule has 2 bridgehead atoms. The number of ketones is 1. The predicted octanol–water partition coefficient (Wildman–Crippen LogP) is 2.69. The van der Waals surface area contributed by atoms with Crippen LogP contribution in [0.15, 0.2) is 0 Å². The molecule has 0 aliphatic carbocycles. The number of carbonyl (C=O) groups is 2. The van der Waals surface area contributed by atoms with E-state index in [1.165, 1.54) is 14.0 Å². The van der Waals surface area contributed by atoms with Crippen LogP contribution < -0.4 is 0 Å². The summed E-state index contributed by atoms with van der Waals surface area (Å²) in [4.78, 5) is 28.7. The molecule has 0 radical (unpaired) electrons. The Labute approximate surface area is 274 Å². The van der Waals surface area contributed by atoms with Crippen molar-refractivity contribution in [2.45, 2.75) is 160 Å². The Hall–Kier alpha value is -1.22. The van der Waals surface area contributed by atoms with Gasteiger partial charge in [0, 0.05) is 31.4 Å². The Morgan fingerprint density at radius 2 is 1.63 bits per heavy atom. The van der Waals surface area contributed by atoms with Crippen LogP contribution in [-0.4, -0.2) is 127 Å². The highest BCUT2D eigenvalue weighted by Gasteiger charge is 2.57. The fraction of sp³-hybridized carbons (Fsp3) is 0.941. The van der Waals surface area contributed by atoms with Gasteiger partial charge in [-0.25, -0.2) is 0 Å². The molecule has 0 aromatic rings. The number of likely N-dealkylation sites (N-methyl/N-ethyl adjacent to an activating group) is 1. The monoisotopic (exact) mass is 657 g/mol. The van der Waals surface area contributed by atoms with Gasteiger partial charge in [0.15, 0.2) is 24.5 Å². The van der Waals surface area contributed by atoms with Crippen molar-refractivity contribution < 1.29 is 53.0 Å². The molecule has 4 aliphatic heterocycles. The molecule has 4 aliphatic rings. The van der Waals surface area contributed by atoms with E-state index in [-0.39, 0.29) is 30.3 Å². The lowest BCUT2D eigenvalue weighted by Crippen LogP contribution is -2.60. The van der Waals surface area contributed by atoms with Crippen LogP contribution in [0.3, 0.4) is 0 Å². The molecular weight excluding hydrogens is 598 g/mol. The van der Waals surface area contributed by atoms with E-state index in [1.54, 1.807) is 20.8 Å². The second-order valence-corrected chi connectivity index (χ2v) is 15.2. The molecule has 12 heteroatoms. The van der Waals surface area contributed by atoms with E-state index in [9.17, 15) is 19.8 Å². The summed E-state index contributed by atoms with van der Waals surface area (Å²) in [6, 6.07) is -0.191. The molecule has 4 saturated heterocycles. The molecule has 0 aromatic carbocycles. The SMILES string of the molecule is COC1(C)C[C@H](O[C@H]2[C@H](C)[C@@H](O[C@@H]3OC(C)CC(N(C)C)C3O)C3(C)CC(C)C(O3)[C@H](C)[C@H](C(C)=O)OC(=O)[C@@H]2C)OC(C)[C@@H]1O. The van der Waals surface area contributed by atoms with Crippen molar-refractivity contribution in [3.8, 4) is 0 Å². The van der Waals surface area contributed by atoms with E-state index >= 15 is 0 Å². The average molecular weight is 658 g/mol. The molecule has 0 saturated carbocycles. The van der Waals surface area contributed by atoms with E-state index in [0.29, 0.717) is 12.8 Å². The normalized spacial score (nSPS) is 50.6. The van der Waals surface area contributed by atoms with Crippen LogP contribution in [0.4, 0.5) is 0 Å². The first-order valence-electron chi connectivity index (χ1n) is 16.9. The summed E-state index contributed by atoms with van der Waals surface area (Å²) in [5, 5.41) is 22.3. The third-order valence-electron chi connectivity index (χ3n) is 11.1. The summed E-state index contributed by atoms with van der Waals surface area (Å²) in [6.07, 6.45) is -5.92. The first-order chi connectivity index (χ1) is 21.3. The van der Waals surface area contributed by atoms with Gasteiger partial charge in [0.1, 0.15) is 12.2 Å². The summed E-state index contributed by atoms with van der Waals surface area (Å²) >= 11 is 0. The van der Waals surface area contributed by atoms with Crippen LogP contribution in [0.1, 0.15) is 81.6 Å². The quantitative estimate of drug-likeness (QED) is 0.389. The molecule has 2 N–H and O–H groups in total. The van der Waals surface area contributed by atoms with Gasteiger partial charge in [-0.05, 0) is 74.4 Å². The lowest BCUT2D eigenvalue weighted by atomic mass is 9.77. The van der Waals surface area contributed by atoms with Gasteiger partial charge in [-0.15, -0.1) is 0 Å². The van der Waals surface area contributed by atoms with Crippen molar-refractivity contribution >= 4 is 11.8 Å². The van der Waals surface area contributed by atoms with Gasteiger partial charge in [-0.3, -0.25) is 9.59 Å². The average Bonchev–Trinajstić information content (AvgIpc) is 3.29. The number of esters is 1. The summed E-state index contributed by atoms with van der Waals surface area (Å²) in [5.41, 5.74) is -1.85. The minimum Gasteiger partial charge on any atom is -0.454 e. The third kappa shape index (κ3) is 7.35. The summed E-state index contributed by atoms with van der Waals surface area (Å²) in [5.74, 6) is -2.61. The van der Waals surface area contributed by atoms with Crippen LogP contribution in [0.25, 0.3) is 0 Å². The van der Waals surface area contributed by atoms with Crippen molar-refractivity contribution in [3.05, 3.63) is 0 Å². The van der Waals surface area contributed by atoms with E-state index in [0.717, 1.165) is 0 Å². The maximum Gasteiger partial charge on any atom is 0.312 e. The van der Waals surface area contributed by atoms with Crippen LogP contribution in [-0.2, 0) is 42.7 Å². The first kappa shape index (κ1) is 37.6. The number of rotatable bonds is 7. The Morgan fingerprint density at radius 1 is 0.978 bits per heavy atom. The van der Waals surface area contributed by atoms with Gasteiger partial charge in [-0.1, -0.05) is 20.8 Å². The number of ether oxygens (including phenoxy) is 7. The molecule has 17 atom stereocenters. The molecule has 4 rings (SSSR count). The smallest absolute Gasteiger partial charge is 0.312 e. The molecule has 0 aromatic heterocycles. The zero-order valence-corrected chi connectivity index (χ0v) is 29.8. The van der Waals surface area contributed by atoms with Gasteiger partial charge in [-0.2, -0.15) is 0 Å². The molecule has 0 spiro atoms. The minimum atomic E-state index is -0.999. The molecular formula is C34H59NO11. The van der Waals surface area contributed by atoms with Gasteiger partial charge in [0.05, 0.1) is 47.6 Å². The van der Waals surface area contributed by atoms with Gasteiger partial charge < -0.3 is 48.3 Å². The molecule has 8 unspecified atom stereocenters. The molecule has 4 heterocycles. The first-order valence-corrected chi connectivity index (χ1v) is 16.9. The van der Waals surface area contributed by atoms with Crippen molar-refractivity contribution in [2.75, 3.05) is 21.2 Å². The van der Waals surface area contributed by atoms with Crippen molar-refractivity contribution in [2.24, 2.45) is 23.7 Å². The summed E-state index contributed by atoms with van der Waals surface area (Å²) in [7, 11) is 5.38. The standard InChI is InChI=1S/C34H59NO11/c1-16-14-34(9)30(45-32-25(37)23(35(10)11)13-17(2)41-32)19(4)27(43-24-15-33(8,40-12)29(38)22(7)42-24)20(5)31(39)44-28(21(6)36)18(3)26(16)46-34/h16-20,22-30,32,37-38H,13-15H2,1-12H3/t16?,17?,18-,19-,20+,22?,23?,24-,25?,26?,27-,28+,29-,30+,32-,33?,34?/m0/s1. The van der Waals surface area contributed by atoms with E-state index in [1.807, 2.05) is 46.7 Å². The van der Waals surface area contributed by atoms with Gasteiger partial charge in [0.25, 0.3) is 0 Å². The topological polar surface area (TPSA) is 142 Å². The number of Topliss-reactive ketones (excluding diaryl/α,β-unsaturated/α-hetero) is 1. The highest BCUT2D eigenvalue weighted by Crippen LogP contribution is 2.47. The number of methoxy groups -OCH3 is 1. The summed E-state index contributed by atoms with van der Waals surface area (Å²) < 4.78 is 44.4. The van der Waals surface area contributed by atoms with Crippen LogP contribution in [0.2, 0.25) is 0 Å². The van der Waals surface area contributed by atoms with Crippen molar-refractivity contribution in [3.63, 3.8) is 0 Å². The number of fused-ring (bicyclic) bond motifs is 2. The van der Waals surface area contributed by atoms with Crippen LogP contribution in [0, 0.1) is 23.7 Å². The van der Waals surface area contributed by atoms with Crippen molar-refractivity contribution in [1.82, 2.24) is 4.90 Å². The Morgan fingerprint density at radius 3 is 2.22 bits per heavy atom. The lowest BCUT2D eigenvalue weighted by molar-refractivity contribution is -0.318. The Balaban J connectivity index is 1.78. The van der Waals surface area contributed by atoms with Crippen molar-refractivity contribution in [1.29, 1.82) is 0 Å². The fourth-order valence-electron chi connectivity index (χ4n) is 8.40. The van der Waals surface area contributed by atoms with Gasteiger partial charge in [0.2, 0.25) is 0 Å². The number of hydrogen-bond donors (Lipinski definition) is 2. The predicted molar refractivity (Wildman–Crippen MR) is 168 cm³/mol. The second kappa shape index (κ2) is 14.3. The second-order valence-electron chi connectivity index (χ2n) is 15.2. The Kier molecular flexibility index (Phi) is 11.7. The molecule has 12 nitrogen and oxygen atoms in total. The molecule has 266 valence electrons. The van der Waals surface area contributed by atoms with Crippen LogP contribution >= 0.6 is 0 Å². The lowest BCUT2D eigenvalue weighted by Gasteiger charge is -2.48.